The van der Waals surface area contributed by atoms with Gasteiger partial charge in [0.15, 0.2) is 5.78 Å². The van der Waals surface area contributed by atoms with E-state index in [1.165, 1.54) is 18.2 Å². The van der Waals surface area contributed by atoms with E-state index in [4.69, 9.17) is 17.3 Å². The molecule has 0 unspecified atom stereocenters. The average molecular weight is 282 g/mol. The molecule has 0 bridgehead atoms. The number of hydrogen-bond donors (Lipinski definition) is 1. The van der Waals surface area contributed by atoms with Crippen LogP contribution in [0.1, 0.15) is 15.9 Å². The second-order valence-corrected chi connectivity index (χ2v) is 4.48. The standard InChI is InChI=1S/C14H10ClF2NO/c15-11-3-1-8(6-13(11)18)14(19)7-9-5-10(16)2-4-12(9)17/h1-6H,7,18H2. The maximum absolute atomic E-state index is 13.4. The van der Waals surface area contributed by atoms with Crippen molar-refractivity contribution in [3.63, 3.8) is 0 Å². The van der Waals surface area contributed by atoms with Gasteiger partial charge in [-0.15, -0.1) is 0 Å². The van der Waals surface area contributed by atoms with Crippen LogP contribution in [0.5, 0.6) is 0 Å². The highest BCUT2D eigenvalue weighted by molar-refractivity contribution is 6.33. The lowest BCUT2D eigenvalue weighted by Gasteiger charge is -2.05. The van der Waals surface area contributed by atoms with Gasteiger partial charge >= 0.3 is 0 Å². The van der Waals surface area contributed by atoms with Crippen molar-refractivity contribution in [1.29, 1.82) is 0 Å². The molecule has 2 aromatic carbocycles. The molecule has 0 saturated carbocycles. The van der Waals surface area contributed by atoms with E-state index >= 15 is 0 Å². The van der Waals surface area contributed by atoms with Crippen molar-refractivity contribution < 1.29 is 13.6 Å². The minimum absolute atomic E-state index is 0.0125. The van der Waals surface area contributed by atoms with Gasteiger partial charge in [-0.1, -0.05) is 11.6 Å². The van der Waals surface area contributed by atoms with Gasteiger partial charge in [-0.3, -0.25) is 4.79 Å². The number of hydrogen-bond acceptors (Lipinski definition) is 2. The Labute approximate surface area is 113 Å². The lowest BCUT2D eigenvalue weighted by atomic mass is 10.0. The van der Waals surface area contributed by atoms with Crippen molar-refractivity contribution in [1.82, 2.24) is 0 Å². The highest BCUT2D eigenvalue weighted by Crippen LogP contribution is 2.21. The van der Waals surface area contributed by atoms with Crippen LogP contribution in [0.4, 0.5) is 14.5 Å². The molecule has 0 radical (unpaired) electrons. The van der Waals surface area contributed by atoms with Crippen molar-refractivity contribution in [2.75, 3.05) is 5.73 Å². The molecule has 2 rings (SSSR count). The van der Waals surface area contributed by atoms with Crippen LogP contribution in [-0.2, 0) is 6.42 Å². The molecule has 0 heterocycles. The van der Waals surface area contributed by atoms with E-state index in [1.807, 2.05) is 0 Å². The van der Waals surface area contributed by atoms with Gasteiger partial charge in [-0.05, 0) is 42.0 Å². The van der Waals surface area contributed by atoms with Crippen LogP contribution in [0.2, 0.25) is 5.02 Å². The molecule has 0 atom stereocenters. The maximum atomic E-state index is 13.4. The Kier molecular flexibility index (Phi) is 3.81. The maximum Gasteiger partial charge on any atom is 0.167 e. The third kappa shape index (κ3) is 3.09. The number of Topliss-reactive ketones (excluding diaryl/α,β-unsaturated/α-hetero) is 1. The highest BCUT2D eigenvalue weighted by atomic mass is 35.5. The summed E-state index contributed by atoms with van der Waals surface area (Å²) in [6.07, 6.45) is -0.231. The minimum atomic E-state index is -0.614. The zero-order chi connectivity index (χ0) is 14.0. The lowest BCUT2D eigenvalue weighted by Crippen LogP contribution is -2.06. The SMILES string of the molecule is Nc1cc(C(=O)Cc2cc(F)ccc2F)ccc1Cl. The van der Waals surface area contributed by atoms with Gasteiger partial charge in [-0.2, -0.15) is 0 Å². The molecule has 5 heteroatoms. The summed E-state index contributed by atoms with van der Waals surface area (Å²) < 4.78 is 26.4. The normalized spacial score (nSPS) is 10.5. The number of halogens is 3. The largest absolute Gasteiger partial charge is 0.398 e. The average Bonchev–Trinajstić information content (AvgIpc) is 2.37. The monoisotopic (exact) mass is 281 g/mol. The van der Waals surface area contributed by atoms with Crippen molar-refractivity contribution in [2.24, 2.45) is 0 Å². The van der Waals surface area contributed by atoms with E-state index in [2.05, 4.69) is 0 Å². The fourth-order valence-corrected chi connectivity index (χ4v) is 1.79. The fourth-order valence-electron chi connectivity index (χ4n) is 1.67. The molecule has 0 aliphatic heterocycles. The predicted octanol–water partition coefficient (Wildman–Crippen LogP) is 3.63. The van der Waals surface area contributed by atoms with Crippen LogP contribution < -0.4 is 5.73 Å². The quantitative estimate of drug-likeness (QED) is 0.690. The topological polar surface area (TPSA) is 43.1 Å². The van der Waals surface area contributed by atoms with E-state index < -0.39 is 11.6 Å². The van der Waals surface area contributed by atoms with E-state index in [9.17, 15) is 13.6 Å². The van der Waals surface area contributed by atoms with Gasteiger partial charge in [-0.25, -0.2) is 8.78 Å². The summed E-state index contributed by atoms with van der Waals surface area (Å²) in [7, 11) is 0. The molecule has 0 fully saturated rings. The molecule has 0 spiro atoms. The summed E-state index contributed by atoms with van der Waals surface area (Å²) in [6.45, 7) is 0. The Morgan fingerprint density at radius 3 is 2.58 bits per heavy atom. The Morgan fingerprint density at radius 1 is 1.16 bits per heavy atom. The number of rotatable bonds is 3. The predicted molar refractivity (Wildman–Crippen MR) is 70.3 cm³/mol. The third-order valence-electron chi connectivity index (χ3n) is 2.68. The zero-order valence-electron chi connectivity index (χ0n) is 9.79. The van der Waals surface area contributed by atoms with Crippen LogP contribution in [0, 0.1) is 11.6 Å². The van der Waals surface area contributed by atoms with Gasteiger partial charge in [0, 0.05) is 12.0 Å². The first-order valence-electron chi connectivity index (χ1n) is 5.49. The number of ketones is 1. The third-order valence-corrected chi connectivity index (χ3v) is 3.02. The molecule has 0 saturated heterocycles. The molecule has 2 nitrogen and oxygen atoms in total. The first kappa shape index (κ1) is 13.5. The Balaban J connectivity index is 2.25. The van der Waals surface area contributed by atoms with E-state index in [0.29, 0.717) is 10.6 Å². The second kappa shape index (κ2) is 5.36. The van der Waals surface area contributed by atoms with Gasteiger partial charge in [0.25, 0.3) is 0 Å². The number of carbonyl (C=O) groups excluding carboxylic acids is 1. The molecule has 2 aromatic rings. The first-order valence-corrected chi connectivity index (χ1v) is 5.87. The van der Waals surface area contributed by atoms with Crippen molar-refractivity contribution >= 4 is 23.1 Å². The van der Waals surface area contributed by atoms with Gasteiger partial charge in [0.2, 0.25) is 0 Å². The minimum Gasteiger partial charge on any atom is -0.398 e. The Bertz CT molecular complexity index is 643. The van der Waals surface area contributed by atoms with E-state index in [1.54, 1.807) is 0 Å². The molecule has 98 valence electrons. The molecule has 0 amide bonds. The lowest BCUT2D eigenvalue weighted by molar-refractivity contribution is 0.0992. The molecule has 0 aromatic heterocycles. The summed E-state index contributed by atoms with van der Waals surface area (Å²) in [4.78, 5) is 12.0. The summed E-state index contributed by atoms with van der Waals surface area (Å²) >= 11 is 5.75. The van der Waals surface area contributed by atoms with Crippen molar-refractivity contribution in [3.8, 4) is 0 Å². The number of anilines is 1. The molecule has 0 aliphatic carbocycles. The Hall–Kier alpha value is -1.94. The van der Waals surface area contributed by atoms with Crippen LogP contribution in [0.3, 0.4) is 0 Å². The zero-order valence-corrected chi connectivity index (χ0v) is 10.5. The summed E-state index contributed by atoms with van der Waals surface area (Å²) in [6, 6.07) is 7.41. The Morgan fingerprint density at radius 2 is 1.89 bits per heavy atom. The number of benzene rings is 2. The van der Waals surface area contributed by atoms with Crippen LogP contribution in [-0.4, -0.2) is 5.78 Å². The van der Waals surface area contributed by atoms with Crippen molar-refractivity contribution in [2.45, 2.75) is 6.42 Å². The van der Waals surface area contributed by atoms with Gasteiger partial charge in [0.05, 0.1) is 10.7 Å². The summed E-state index contributed by atoms with van der Waals surface area (Å²) in [5, 5.41) is 0.341. The number of nitrogen functional groups attached to an aromatic ring is 1. The molecular weight excluding hydrogens is 272 g/mol. The van der Waals surface area contributed by atoms with Crippen LogP contribution in [0.15, 0.2) is 36.4 Å². The van der Waals surface area contributed by atoms with Crippen LogP contribution in [0.25, 0.3) is 0 Å². The second-order valence-electron chi connectivity index (χ2n) is 4.07. The van der Waals surface area contributed by atoms with E-state index in [-0.39, 0.29) is 23.5 Å². The fraction of sp³-hybridized carbons (Fsp3) is 0.0714. The number of nitrogens with two attached hydrogens (primary N) is 1. The molecular formula is C14H10ClF2NO. The molecule has 19 heavy (non-hydrogen) atoms. The smallest absolute Gasteiger partial charge is 0.167 e. The molecule has 2 N–H and O–H groups in total. The number of carbonyl (C=O) groups is 1. The van der Waals surface area contributed by atoms with Gasteiger partial charge in [0.1, 0.15) is 11.6 Å². The van der Waals surface area contributed by atoms with Gasteiger partial charge < -0.3 is 5.73 Å². The van der Waals surface area contributed by atoms with Crippen molar-refractivity contribution in [3.05, 3.63) is 64.2 Å². The van der Waals surface area contributed by atoms with E-state index in [0.717, 1.165) is 18.2 Å². The van der Waals surface area contributed by atoms with Crippen LogP contribution >= 0.6 is 11.6 Å². The summed E-state index contributed by atoms with van der Waals surface area (Å²) in [5.41, 5.74) is 6.18. The summed E-state index contributed by atoms with van der Waals surface area (Å²) in [5.74, 6) is -1.55. The first-order chi connectivity index (χ1) is 8.97. The highest BCUT2D eigenvalue weighted by Gasteiger charge is 2.12. The molecule has 0 aliphatic rings.